The summed E-state index contributed by atoms with van der Waals surface area (Å²) in [4.78, 5) is 16.4. The average molecular weight is 426 g/mol. The summed E-state index contributed by atoms with van der Waals surface area (Å²) in [6, 6.07) is 22.8. The quantitative estimate of drug-likeness (QED) is 0.463. The number of rotatable bonds is 4. The highest BCUT2D eigenvalue weighted by atomic mass is 32.1. The van der Waals surface area contributed by atoms with Gasteiger partial charge in [0.15, 0.2) is 0 Å². The standard InChI is InChI=1S/C25H23N5S/c26-16-19-7-9-20(10-8-19)17-29-11-4-12-30(14-13-29)24-22-15-23(21-5-2-1-3-6-21)31-25(22)28-18-27-24/h1-3,5-10,15,18H,4,11-14,17H2. The maximum atomic E-state index is 8.99. The summed E-state index contributed by atoms with van der Waals surface area (Å²) < 4.78 is 0. The smallest absolute Gasteiger partial charge is 0.140 e. The van der Waals surface area contributed by atoms with Crippen LogP contribution in [0.3, 0.4) is 0 Å². The van der Waals surface area contributed by atoms with E-state index in [1.807, 2.05) is 18.2 Å². The molecule has 2 aromatic carbocycles. The van der Waals surface area contributed by atoms with Gasteiger partial charge in [-0.15, -0.1) is 11.3 Å². The van der Waals surface area contributed by atoms with Crippen LogP contribution >= 0.6 is 11.3 Å². The van der Waals surface area contributed by atoms with Crippen molar-refractivity contribution in [3.63, 3.8) is 0 Å². The van der Waals surface area contributed by atoms with E-state index in [1.54, 1.807) is 17.7 Å². The Balaban J connectivity index is 1.33. The maximum Gasteiger partial charge on any atom is 0.140 e. The second-order valence-corrected chi connectivity index (χ2v) is 8.85. The van der Waals surface area contributed by atoms with E-state index in [0.717, 1.165) is 55.2 Å². The number of anilines is 1. The molecule has 154 valence electrons. The fourth-order valence-corrected chi connectivity index (χ4v) is 5.12. The fourth-order valence-electron chi connectivity index (χ4n) is 4.12. The lowest BCUT2D eigenvalue weighted by atomic mass is 10.1. The predicted molar refractivity (Wildman–Crippen MR) is 126 cm³/mol. The lowest BCUT2D eigenvalue weighted by molar-refractivity contribution is 0.285. The number of hydrogen-bond donors (Lipinski definition) is 0. The van der Waals surface area contributed by atoms with Crippen molar-refractivity contribution in [3.8, 4) is 16.5 Å². The Morgan fingerprint density at radius 2 is 1.77 bits per heavy atom. The van der Waals surface area contributed by atoms with E-state index in [2.05, 4.69) is 68.3 Å². The van der Waals surface area contributed by atoms with Crippen molar-refractivity contribution in [2.24, 2.45) is 0 Å². The van der Waals surface area contributed by atoms with Gasteiger partial charge < -0.3 is 4.90 Å². The Hall–Kier alpha value is -3.27. The molecule has 5 nitrogen and oxygen atoms in total. The van der Waals surface area contributed by atoms with Crippen LogP contribution in [0.5, 0.6) is 0 Å². The first-order valence-electron chi connectivity index (χ1n) is 10.6. The summed E-state index contributed by atoms with van der Waals surface area (Å²) in [6.45, 7) is 4.89. The monoisotopic (exact) mass is 425 g/mol. The Labute approximate surface area is 186 Å². The van der Waals surface area contributed by atoms with E-state index in [-0.39, 0.29) is 0 Å². The zero-order valence-corrected chi connectivity index (χ0v) is 18.1. The van der Waals surface area contributed by atoms with Crippen molar-refractivity contribution in [3.05, 3.63) is 78.1 Å². The van der Waals surface area contributed by atoms with E-state index in [4.69, 9.17) is 5.26 Å². The number of thiophene rings is 1. The van der Waals surface area contributed by atoms with Crippen LogP contribution in [0.1, 0.15) is 17.5 Å². The second kappa shape index (κ2) is 8.84. The lowest BCUT2D eigenvalue weighted by Gasteiger charge is -2.23. The first-order chi connectivity index (χ1) is 15.3. The molecule has 1 aliphatic heterocycles. The predicted octanol–water partition coefficient (Wildman–Crippen LogP) is 4.94. The average Bonchev–Trinajstić information content (AvgIpc) is 3.14. The van der Waals surface area contributed by atoms with Gasteiger partial charge in [-0.1, -0.05) is 42.5 Å². The van der Waals surface area contributed by atoms with Gasteiger partial charge in [-0.05, 0) is 35.7 Å². The zero-order chi connectivity index (χ0) is 21.0. The summed E-state index contributed by atoms with van der Waals surface area (Å²) in [5.74, 6) is 1.05. The van der Waals surface area contributed by atoms with Gasteiger partial charge in [0.05, 0.1) is 17.0 Å². The summed E-state index contributed by atoms with van der Waals surface area (Å²) in [6.07, 6.45) is 2.79. The third-order valence-electron chi connectivity index (χ3n) is 5.74. The highest BCUT2D eigenvalue weighted by Gasteiger charge is 2.19. The molecule has 0 saturated carbocycles. The molecule has 0 atom stereocenters. The first-order valence-corrected chi connectivity index (χ1v) is 11.4. The Bertz CT molecular complexity index is 1210. The number of hydrogen-bond acceptors (Lipinski definition) is 6. The zero-order valence-electron chi connectivity index (χ0n) is 17.2. The maximum absolute atomic E-state index is 8.99. The number of benzene rings is 2. The van der Waals surface area contributed by atoms with Crippen LogP contribution in [0.2, 0.25) is 0 Å². The first kappa shape index (κ1) is 19.7. The Morgan fingerprint density at radius 1 is 0.935 bits per heavy atom. The molecule has 1 aliphatic rings. The molecular formula is C25H23N5S. The van der Waals surface area contributed by atoms with Gasteiger partial charge in [-0.3, -0.25) is 4.90 Å². The molecule has 0 radical (unpaired) electrons. The van der Waals surface area contributed by atoms with Crippen molar-refractivity contribution < 1.29 is 0 Å². The number of nitrogens with zero attached hydrogens (tertiary/aromatic N) is 5. The lowest BCUT2D eigenvalue weighted by Crippen LogP contribution is -2.31. The molecule has 0 N–H and O–H groups in total. The van der Waals surface area contributed by atoms with Crippen molar-refractivity contribution >= 4 is 27.4 Å². The topological polar surface area (TPSA) is 56.1 Å². The molecule has 0 spiro atoms. The molecule has 1 saturated heterocycles. The molecule has 3 heterocycles. The molecule has 0 unspecified atom stereocenters. The van der Waals surface area contributed by atoms with Gasteiger partial charge >= 0.3 is 0 Å². The summed E-state index contributed by atoms with van der Waals surface area (Å²) in [5, 5.41) is 10.1. The minimum absolute atomic E-state index is 0.712. The highest BCUT2D eigenvalue weighted by molar-refractivity contribution is 7.21. The van der Waals surface area contributed by atoms with Crippen molar-refractivity contribution in [2.75, 3.05) is 31.1 Å². The van der Waals surface area contributed by atoms with E-state index in [9.17, 15) is 0 Å². The third-order valence-corrected chi connectivity index (χ3v) is 6.84. The van der Waals surface area contributed by atoms with E-state index < -0.39 is 0 Å². The van der Waals surface area contributed by atoms with Crippen LogP contribution in [0, 0.1) is 11.3 Å². The van der Waals surface area contributed by atoms with E-state index in [1.165, 1.54) is 16.0 Å². The fraction of sp³-hybridized carbons (Fsp3) is 0.240. The second-order valence-electron chi connectivity index (χ2n) is 7.82. The molecule has 6 heteroatoms. The van der Waals surface area contributed by atoms with Crippen LogP contribution in [0.25, 0.3) is 20.7 Å². The van der Waals surface area contributed by atoms with Gasteiger partial charge in [-0.2, -0.15) is 5.26 Å². The Kier molecular flexibility index (Phi) is 5.61. The molecule has 31 heavy (non-hydrogen) atoms. The minimum atomic E-state index is 0.712. The van der Waals surface area contributed by atoms with Gasteiger partial charge in [0.25, 0.3) is 0 Å². The van der Waals surface area contributed by atoms with Crippen LogP contribution in [-0.4, -0.2) is 41.0 Å². The molecule has 1 fully saturated rings. The van der Waals surface area contributed by atoms with Gasteiger partial charge in [0.2, 0.25) is 0 Å². The van der Waals surface area contributed by atoms with Gasteiger partial charge in [-0.25, -0.2) is 9.97 Å². The van der Waals surface area contributed by atoms with E-state index >= 15 is 0 Å². The molecular weight excluding hydrogens is 402 g/mol. The summed E-state index contributed by atoms with van der Waals surface area (Å²) in [7, 11) is 0. The molecule has 0 aliphatic carbocycles. The SMILES string of the molecule is N#Cc1ccc(CN2CCCN(c3ncnc4sc(-c5ccccc5)cc34)CC2)cc1. The molecule has 2 aromatic heterocycles. The van der Waals surface area contributed by atoms with Crippen LogP contribution < -0.4 is 4.90 Å². The van der Waals surface area contributed by atoms with Crippen molar-refractivity contribution in [1.82, 2.24) is 14.9 Å². The molecule has 0 bridgehead atoms. The summed E-state index contributed by atoms with van der Waals surface area (Å²) >= 11 is 1.73. The van der Waals surface area contributed by atoms with Gasteiger partial charge in [0.1, 0.15) is 17.0 Å². The molecule has 4 aromatic rings. The van der Waals surface area contributed by atoms with Crippen LogP contribution in [-0.2, 0) is 6.54 Å². The largest absolute Gasteiger partial charge is 0.355 e. The Morgan fingerprint density at radius 3 is 2.58 bits per heavy atom. The van der Waals surface area contributed by atoms with Crippen molar-refractivity contribution in [2.45, 2.75) is 13.0 Å². The van der Waals surface area contributed by atoms with Gasteiger partial charge in [0, 0.05) is 37.6 Å². The summed E-state index contributed by atoms with van der Waals surface area (Å²) in [5.41, 5.74) is 3.19. The van der Waals surface area contributed by atoms with Crippen LogP contribution in [0.4, 0.5) is 5.82 Å². The number of aromatic nitrogens is 2. The molecule has 0 amide bonds. The van der Waals surface area contributed by atoms with E-state index in [0.29, 0.717) is 5.56 Å². The minimum Gasteiger partial charge on any atom is -0.355 e. The molecule has 5 rings (SSSR count). The number of nitriles is 1. The third kappa shape index (κ3) is 4.29. The van der Waals surface area contributed by atoms with Crippen LogP contribution in [0.15, 0.2) is 67.0 Å². The highest BCUT2D eigenvalue weighted by Crippen LogP contribution is 2.36. The normalized spacial score (nSPS) is 15.0. The number of fused-ring (bicyclic) bond motifs is 1. The van der Waals surface area contributed by atoms with Crippen molar-refractivity contribution in [1.29, 1.82) is 5.26 Å².